The number of nitrogens with two attached hydrogens (primary N) is 1. The van der Waals surface area contributed by atoms with Gasteiger partial charge in [0.1, 0.15) is 11.2 Å². The third kappa shape index (κ3) is 3.68. The van der Waals surface area contributed by atoms with E-state index in [1.807, 2.05) is 18.3 Å². The fourth-order valence-corrected chi connectivity index (χ4v) is 4.62. The van der Waals surface area contributed by atoms with Gasteiger partial charge >= 0.3 is 0 Å². The van der Waals surface area contributed by atoms with E-state index >= 15 is 0 Å². The Morgan fingerprint density at radius 1 is 1.03 bits per heavy atom. The zero-order valence-corrected chi connectivity index (χ0v) is 17.8. The maximum atomic E-state index is 5.69. The van der Waals surface area contributed by atoms with Crippen LogP contribution in [0.5, 0.6) is 0 Å². The zero-order valence-electron chi connectivity index (χ0n) is 16.9. The number of imidazole rings is 1. The minimum atomic E-state index is 0.239. The Hall–Kier alpha value is -2.50. The highest BCUT2D eigenvalue weighted by atomic mass is 32.2. The van der Waals surface area contributed by atoms with Crippen LogP contribution in [0.25, 0.3) is 22.4 Å². The van der Waals surface area contributed by atoms with E-state index in [-0.39, 0.29) is 5.95 Å². The molecule has 3 aromatic rings. The molecule has 2 fully saturated rings. The van der Waals surface area contributed by atoms with Crippen molar-refractivity contribution >= 4 is 35.0 Å². The molecule has 30 heavy (non-hydrogen) atoms. The van der Waals surface area contributed by atoms with Crippen LogP contribution >= 0.6 is 11.9 Å². The first-order chi connectivity index (χ1) is 14.7. The Kier molecular flexibility index (Phi) is 5.40. The highest BCUT2D eigenvalue weighted by molar-refractivity contribution is 7.96. The molecule has 2 aliphatic rings. The molecular weight excluding hydrogens is 402 g/mol. The summed E-state index contributed by atoms with van der Waals surface area (Å²) in [5.41, 5.74) is 8.84. The van der Waals surface area contributed by atoms with Crippen molar-refractivity contribution in [2.75, 3.05) is 56.3 Å². The summed E-state index contributed by atoms with van der Waals surface area (Å²) in [6, 6.07) is 0.376. The number of fused-ring (bicyclic) bond motifs is 1. The van der Waals surface area contributed by atoms with Gasteiger partial charge in [-0.05, 0) is 19.1 Å². The lowest BCUT2D eigenvalue weighted by Crippen LogP contribution is -2.37. The summed E-state index contributed by atoms with van der Waals surface area (Å²) in [6.45, 7) is 5.01. The van der Waals surface area contributed by atoms with Crippen molar-refractivity contribution in [3.63, 3.8) is 0 Å². The standard InChI is InChI=1S/C19H25N9OS/c1-30-27-4-2-14(3-5-27)28-12-23-16-15(13-10-21-18(20)22-11-13)24-19(25-17(16)28)26-6-8-29-9-7-26/h10-12,14H,2-9H2,1H3,(H2,20,21,22). The zero-order chi connectivity index (χ0) is 20.5. The molecular formula is C19H25N9OS. The first kappa shape index (κ1) is 19.5. The van der Waals surface area contributed by atoms with Gasteiger partial charge in [0.2, 0.25) is 11.9 Å². The predicted molar refractivity (Wildman–Crippen MR) is 117 cm³/mol. The van der Waals surface area contributed by atoms with Crippen LogP contribution in [-0.2, 0) is 4.74 Å². The summed E-state index contributed by atoms with van der Waals surface area (Å²) in [4.78, 5) is 25.0. The molecule has 5 heterocycles. The van der Waals surface area contributed by atoms with E-state index in [1.165, 1.54) is 0 Å². The van der Waals surface area contributed by atoms with Crippen molar-refractivity contribution in [2.45, 2.75) is 18.9 Å². The second-order valence-electron chi connectivity index (χ2n) is 7.47. The number of piperidine rings is 1. The van der Waals surface area contributed by atoms with Crippen LogP contribution in [0.3, 0.4) is 0 Å². The van der Waals surface area contributed by atoms with Gasteiger partial charge in [-0.3, -0.25) is 4.31 Å². The average Bonchev–Trinajstić information content (AvgIpc) is 3.24. The molecule has 2 saturated heterocycles. The molecule has 0 bridgehead atoms. The maximum absolute atomic E-state index is 5.69. The van der Waals surface area contributed by atoms with Crippen molar-refractivity contribution < 1.29 is 4.74 Å². The van der Waals surface area contributed by atoms with Crippen LogP contribution in [0.1, 0.15) is 18.9 Å². The summed E-state index contributed by atoms with van der Waals surface area (Å²) in [5, 5.41) is 0. The fourth-order valence-electron chi connectivity index (χ4n) is 4.04. The van der Waals surface area contributed by atoms with E-state index in [0.717, 1.165) is 61.4 Å². The number of nitrogen functional groups attached to an aromatic ring is 1. The summed E-state index contributed by atoms with van der Waals surface area (Å²) in [5.74, 6) is 0.935. The number of ether oxygens (including phenoxy) is 1. The van der Waals surface area contributed by atoms with Gasteiger partial charge < -0.3 is 19.9 Å². The second kappa shape index (κ2) is 8.32. The molecule has 0 saturated carbocycles. The monoisotopic (exact) mass is 427 g/mol. The fraction of sp³-hybridized carbons (Fsp3) is 0.526. The Labute approximate surface area is 179 Å². The van der Waals surface area contributed by atoms with Crippen LogP contribution in [0.2, 0.25) is 0 Å². The Bertz CT molecular complexity index is 1010. The smallest absolute Gasteiger partial charge is 0.228 e. The first-order valence-electron chi connectivity index (χ1n) is 10.2. The molecule has 10 nitrogen and oxygen atoms in total. The van der Waals surface area contributed by atoms with Gasteiger partial charge in [0, 0.05) is 50.2 Å². The van der Waals surface area contributed by atoms with Crippen LogP contribution in [0.4, 0.5) is 11.9 Å². The molecule has 0 aliphatic carbocycles. The minimum Gasteiger partial charge on any atom is -0.378 e. The van der Waals surface area contributed by atoms with Crippen LogP contribution in [0.15, 0.2) is 18.7 Å². The van der Waals surface area contributed by atoms with Crippen molar-refractivity contribution in [3.8, 4) is 11.3 Å². The first-order valence-corrected chi connectivity index (χ1v) is 11.4. The Morgan fingerprint density at radius 3 is 2.47 bits per heavy atom. The molecule has 5 rings (SSSR count). The predicted octanol–water partition coefficient (Wildman–Crippen LogP) is 1.62. The number of morpholine rings is 1. The Morgan fingerprint density at radius 2 is 1.77 bits per heavy atom. The van der Waals surface area contributed by atoms with Gasteiger partial charge in [-0.25, -0.2) is 19.9 Å². The van der Waals surface area contributed by atoms with Gasteiger partial charge in [0.25, 0.3) is 0 Å². The molecule has 2 N–H and O–H groups in total. The summed E-state index contributed by atoms with van der Waals surface area (Å²) >= 11 is 1.81. The van der Waals surface area contributed by atoms with Gasteiger partial charge in [0.15, 0.2) is 5.65 Å². The number of hydrogen-bond acceptors (Lipinski definition) is 10. The summed E-state index contributed by atoms with van der Waals surface area (Å²) in [6.07, 6.45) is 9.58. The number of anilines is 2. The van der Waals surface area contributed by atoms with Crippen molar-refractivity contribution in [1.82, 2.24) is 33.8 Å². The van der Waals surface area contributed by atoms with Crippen LogP contribution in [-0.4, -0.2) is 79.4 Å². The van der Waals surface area contributed by atoms with Crippen molar-refractivity contribution in [1.29, 1.82) is 0 Å². The third-order valence-corrected chi connectivity index (χ3v) is 6.61. The molecule has 0 amide bonds. The SMILES string of the molecule is CSN1CCC(n2cnc3c(-c4cnc(N)nc4)nc(N4CCOCC4)nc32)CC1. The molecule has 3 aromatic heterocycles. The molecule has 2 aliphatic heterocycles. The topological polar surface area (TPSA) is 111 Å². The number of hydrogen-bond donors (Lipinski definition) is 1. The lowest BCUT2D eigenvalue weighted by molar-refractivity contribution is 0.122. The highest BCUT2D eigenvalue weighted by Gasteiger charge is 2.25. The maximum Gasteiger partial charge on any atom is 0.228 e. The van der Waals surface area contributed by atoms with E-state index in [0.29, 0.717) is 25.2 Å². The minimum absolute atomic E-state index is 0.239. The van der Waals surface area contributed by atoms with E-state index in [9.17, 15) is 0 Å². The van der Waals surface area contributed by atoms with Crippen LogP contribution in [0, 0.1) is 0 Å². The number of aromatic nitrogens is 6. The Balaban J connectivity index is 1.59. The number of rotatable bonds is 4. The van der Waals surface area contributed by atoms with Crippen molar-refractivity contribution in [2.24, 2.45) is 0 Å². The normalized spacial score (nSPS) is 18.9. The lowest BCUT2D eigenvalue weighted by Gasteiger charge is -2.31. The van der Waals surface area contributed by atoms with Gasteiger partial charge in [-0.1, -0.05) is 11.9 Å². The third-order valence-electron chi connectivity index (χ3n) is 5.72. The van der Waals surface area contributed by atoms with Gasteiger partial charge in [-0.2, -0.15) is 4.98 Å². The molecule has 11 heteroatoms. The van der Waals surface area contributed by atoms with E-state index < -0.39 is 0 Å². The summed E-state index contributed by atoms with van der Waals surface area (Å²) in [7, 11) is 0. The van der Waals surface area contributed by atoms with E-state index in [1.54, 1.807) is 12.4 Å². The lowest BCUT2D eigenvalue weighted by atomic mass is 10.1. The quantitative estimate of drug-likeness (QED) is 0.616. The highest BCUT2D eigenvalue weighted by Crippen LogP contribution is 2.32. The van der Waals surface area contributed by atoms with E-state index in [4.69, 9.17) is 25.4 Å². The molecule has 0 aromatic carbocycles. The van der Waals surface area contributed by atoms with E-state index in [2.05, 4.69) is 30.0 Å². The number of nitrogens with zero attached hydrogens (tertiary/aromatic N) is 8. The molecule has 158 valence electrons. The largest absolute Gasteiger partial charge is 0.378 e. The van der Waals surface area contributed by atoms with Gasteiger partial charge in [0.05, 0.1) is 19.5 Å². The van der Waals surface area contributed by atoms with Gasteiger partial charge in [-0.15, -0.1) is 0 Å². The second-order valence-corrected chi connectivity index (χ2v) is 8.35. The summed E-state index contributed by atoms with van der Waals surface area (Å²) < 4.78 is 10.1. The average molecular weight is 428 g/mol. The van der Waals surface area contributed by atoms with Crippen LogP contribution < -0.4 is 10.6 Å². The van der Waals surface area contributed by atoms with Crippen molar-refractivity contribution in [3.05, 3.63) is 18.7 Å². The molecule has 0 radical (unpaired) electrons. The molecule has 0 unspecified atom stereocenters. The molecule has 0 atom stereocenters. The molecule has 0 spiro atoms.